The SMILES string of the molecule is N=C1NC(=O)C(=Cc2ccc(-n3cnnn3)cc2OCc2ccccc2)S1. The topological polar surface area (TPSA) is 106 Å². The Morgan fingerprint density at radius 2 is 2.07 bits per heavy atom. The van der Waals surface area contributed by atoms with Gasteiger partial charge in [0.25, 0.3) is 5.91 Å². The summed E-state index contributed by atoms with van der Waals surface area (Å²) in [5, 5.41) is 21.3. The second-order valence-corrected chi connectivity index (χ2v) is 6.70. The number of rotatable bonds is 5. The van der Waals surface area contributed by atoms with Gasteiger partial charge in [0.1, 0.15) is 18.7 Å². The molecule has 0 atom stereocenters. The van der Waals surface area contributed by atoms with Crippen LogP contribution in [0, 0.1) is 5.41 Å². The van der Waals surface area contributed by atoms with Crippen LogP contribution in [0.5, 0.6) is 5.75 Å². The van der Waals surface area contributed by atoms with E-state index >= 15 is 0 Å². The Morgan fingerprint density at radius 3 is 2.78 bits per heavy atom. The van der Waals surface area contributed by atoms with Crippen molar-refractivity contribution in [1.82, 2.24) is 25.5 Å². The van der Waals surface area contributed by atoms with Crippen molar-refractivity contribution in [3.63, 3.8) is 0 Å². The minimum absolute atomic E-state index is 0.114. The molecule has 9 heteroatoms. The van der Waals surface area contributed by atoms with Crippen molar-refractivity contribution >= 4 is 28.9 Å². The number of amides is 1. The van der Waals surface area contributed by atoms with Crippen molar-refractivity contribution < 1.29 is 9.53 Å². The fourth-order valence-corrected chi connectivity index (χ4v) is 3.20. The van der Waals surface area contributed by atoms with Crippen LogP contribution in [0.3, 0.4) is 0 Å². The van der Waals surface area contributed by atoms with Gasteiger partial charge in [0.2, 0.25) is 0 Å². The summed E-state index contributed by atoms with van der Waals surface area (Å²) >= 11 is 1.08. The number of hydrogen-bond donors (Lipinski definition) is 2. The molecule has 0 radical (unpaired) electrons. The fraction of sp³-hybridized carbons (Fsp3) is 0.0556. The Balaban J connectivity index is 1.68. The van der Waals surface area contributed by atoms with Gasteiger partial charge in [0.15, 0.2) is 5.17 Å². The van der Waals surface area contributed by atoms with Gasteiger partial charge in [-0.05, 0) is 46.0 Å². The quantitative estimate of drug-likeness (QED) is 0.661. The molecule has 1 saturated heterocycles. The van der Waals surface area contributed by atoms with E-state index in [4.69, 9.17) is 10.1 Å². The van der Waals surface area contributed by atoms with Crippen LogP contribution in [0.2, 0.25) is 0 Å². The molecule has 0 spiro atoms. The highest BCUT2D eigenvalue weighted by Crippen LogP contribution is 2.30. The van der Waals surface area contributed by atoms with E-state index in [2.05, 4.69) is 20.8 Å². The lowest BCUT2D eigenvalue weighted by Crippen LogP contribution is -2.18. The number of benzene rings is 2. The second kappa shape index (κ2) is 7.42. The summed E-state index contributed by atoms with van der Waals surface area (Å²) in [6, 6.07) is 15.3. The molecule has 8 nitrogen and oxygen atoms in total. The van der Waals surface area contributed by atoms with Crippen molar-refractivity contribution in [1.29, 1.82) is 5.41 Å². The number of carbonyl (C=O) groups excluding carboxylic acids is 1. The van der Waals surface area contributed by atoms with E-state index in [1.165, 1.54) is 11.0 Å². The molecule has 2 heterocycles. The average Bonchev–Trinajstić information content (AvgIpc) is 3.32. The maximum atomic E-state index is 11.9. The number of ether oxygens (including phenoxy) is 1. The first-order valence-electron chi connectivity index (χ1n) is 8.02. The third-order valence-corrected chi connectivity index (χ3v) is 4.63. The summed E-state index contributed by atoms with van der Waals surface area (Å²) in [5.41, 5.74) is 2.50. The number of nitrogens with zero attached hydrogens (tertiary/aromatic N) is 4. The van der Waals surface area contributed by atoms with Crippen LogP contribution in [-0.2, 0) is 11.4 Å². The molecule has 1 aliphatic heterocycles. The Kier molecular flexibility index (Phi) is 4.67. The standard InChI is InChI=1S/C18H14N6O2S/c19-18-21-17(25)16(27-18)8-13-6-7-14(24-11-20-22-23-24)9-15(13)26-10-12-4-2-1-3-5-12/h1-9,11H,10H2,(H2,19,21,25). The molecule has 1 aromatic heterocycles. The molecule has 0 saturated carbocycles. The van der Waals surface area contributed by atoms with Gasteiger partial charge in [-0.3, -0.25) is 10.2 Å². The molecular formula is C18H14N6O2S. The smallest absolute Gasteiger partial charge is 0.264 e. The number of thioether (sulfide) groups is 1. The Morgan fingerprint density at radius 1 is 1.22 bits per heavy atom. The van der Waals surface area contributed by atoms with Gasteiger partial charge in [0, 0.05) is 11.6 Å². The molecule has 2 aromatic carbocycles. The minimum Gasteiger partial charge on any atom is -0.488 e. The third kappa shape index (κ3) is 3.87. The van der Waals surface area contributed by atoms with Gasteiger partial charge in [-0.25, -0.2) is 4.68 Å². The number of hydrogen-bond acceptors (Lipinski definition) is 7. The van der Waals surface area contributed by atoms with Crippen LogP contribution in [-0.4, -0.2) is 31.3 Å². The fourth-order valence-electron chi connectivity index (χ4n) is 2.51. The summed E-state index contributed by atoms with van der Waals surface area (Å²) in [7, 11) is 0. The van der Waals surface area contributed by atoms with E-state index in [1.807, 2.05) is 48.5 Å². The minimum atomic E-state index is -0.288. The third-order valence-electron chi connectivity index (χ3n) is 3.80. The van der Waals surface area contributed by atoms with Crippen molar-refractivity contribution in [2.75, 3.05) is 0 Å². The van der Waals surface area contributed by atoms with Crippen LogP contribution in [0.25, 0.3) is 11.8 Å². The predicted molar refractivity (Wildman–Crippen MR) is 101 cm³/mol. The lowest BCUT2D eigenvalue weighted by atomic mass is 10.1. The summed E-state index contributed by atoms with van der Waals surface area (Å²) in [6.45, 7) is 0.380. The number of nitrogens with one attached hydrogen (secondary N) is 2. The molecule has 0 bridgehead atoms. The molecule has 134 valence electrons. The largest absolute Gasteiger partial charge is 0.488 e. The Labute approximate surface area is 158 Å². The molecular weight excluding hydrogens is 364 g/mol. The molecule has 2 N–H and O–H groups in total. The van der Waals surface area contributed by atoms with Crippen LogP contribution < -0.4 is 10.1 Å². The monoisotopic (exact) mass is 378 g/mol. The molecule has 3 aromatic rings. The van der Waals surface area contributed by atoms with Gasteiger partial charge in [-0.2, -0.15) is 0 Å². The van der Waals surface area contributed by atoms with Gasteiger partial charge in [-0.15, -0.1) is 5.10 Å². The maximum absolute atomic E-state index is 11.9. The number of amidine groups is 1. The first kappa shape index (κ1) is 17.0. The number of carbonyl (C=O) groups is 1. The summed E-state index contributed by atoms with van der Waals surface area (Å²) in [5.74, 6) is 0.301. The van der Waals surface area contributed by atoms with Gasteiger partial charge in [-0.1, -0.05) is 30.3 Å². The molecule has 0 aliphatic carbocycles. The molecule has 1 aliphatic rings. The van der Waals surface area contributed by atoms with Crippen LogP contribution in [0.4, 0.5) is 0 Å². The van der Waals surface area contributed by atoms with Gasteiger partial charge in [0.05, 0.1) is 10.6 Å². The first-order valence-corrected chi connectivity index (χ1v) is 8.84. The molecule has 4 rings (SSSR count). The zero-order valence-electron chi connectivity index (χ0n) is 14.0. The Bertz CT molecular complexity index is 1020. The van der Waals surface area contributed by atoms with E-state index in [1.54, 1.807) is 6.08 Å². The van der Waals surface area contributed by atoms with Gasteiger partial charge >= 0.3 is 0 Å². The summed E-state index contributed by atoms with van der Waals surface area (Å²) < 4.78 is 7.54. The molecule has 1 amide bonds. The van der Waals surface area contributed by atoms with Crippen molar-refractivity contribution in [2.24, 2.45) is 0 Å². The molecule has 27 heavy (non-hydrogen) atoms. The lowest BCUT2D eigenvalue weighted by Gasteiger charge is -2.12. The van der Waals surface area contributed by atoms with Crippen LogP contribution >= 0.6 is 11.8 Å². The second-order valence-electron chi connectivity index (χ2n) is 5.64. The van der Waals surface area contributed by atoms with Crippen LogP contribution in [0.15, 0.2) is 59.8 Å². The highest BCUT2D eigenvalue weighted by Gasteiger charge is 2.23. The van der Waals surface area contributed by atoms with E-state index in [0.717, 1.165) is 28.6 Å². The average molecular weight is 378 g/mol. The molecule has 1 fully saturated rings. The predicted octanol–water partition coefficient (Wildman–Crippen LogP) is 2.38. The van der Waals surface area contributed by atoms with Crippen LogP contribution in [0.1, 0.15) is 11.1 Å². The van der Waals surface area contributed by atoms with E-state index in [-0.39, 0.29) is 11.1 Å². The summed E-state index contributed by atoms with van der Waals surface area (Å²) in [4.78, 5) is 12.4. The van der Waals surface area contributed by atoms with Crippen molar-refractivity contribution in [3.05, 3.63) is 70.9 Å². The maximum Gasteiger partial charge on any atom is 0.264 e. The molecule has 0 unspecified atom stereocenters. The Hall–Kier alpha value is -3.46. The highest BCUT2D eigenvalue weighted by molar-refractivity contribution is 8.18. The van der Waals surface area contributed by atoms with Crippen molar-refractivity contribution in [2.45, 2.75) is 6.61 Å². The van der Waals surface area contributed by atoms with Gasteiger partial charge < -0.3 is 10.1 Å². The van der Waals surface area contributed by atoms with E-state index < -0.39 is 0 Å². The van der Waals surface area contributed by atoms with E-state index in [0.29, 0.717) is 17.3 Å². The number of tetrazole rings is 1. The van der Waals surface area contributed by atoms with E-state index in [9.17, 15) is 4.79 Å². The van der Waals surface area contributed by atoms with Crippen molar-refractivity contribution in [3.8, 4) is 11.4 Å². The lowest BCUT2D eigenvalue weighted by molar-refractivity contribution is -0.115. The first-order chi connectivity index (χ1) is 13.2. The zero-order chi connectivity index (χ0) is 18.6. The number of aromatic nitrogens is 4. The zero-order valence-corrected chi connectivity index (χ0v) is 14.8. The normalized spacial score (nSPS) is 15.2. The summed E-state index contributed by atoms with van der Waals surface area (Å²) in [6.07, 6.45) is 3.21. The highest BCUT2D eigenvalue weighted by atomic mass is 32.2.